The van der Waals surface area contributed by atoms with E-state index in [0.29, 0.717) is 22.6 Å². The van der Waals surface area contributed by atoms with Crippen LogP contribution in [-0.4, -0.2) is 37.0 Å². The van der Waals surface area contributed by atoms with Crippen molar-refractivity contribution < 1.29 is 29.0 Å². The molecule has 0 spiro atoms. The minimum Gasteiger partial charge on any atom is -0.507 e. The first-order valence-corrected chi connectivity index (χ1v) is 10.2. The topological polar surface area (TPSA) is 93.1 Å². The molecular formula is C26H21NO6. The Bertz CT molecular complexity index is 1260. The lowest BCUT2D eigenvalue weighted by Crippen LogP contribution is -2.29. The summed E-state index contributed by atoms with van der Waals surface area (Å²) in [4.78, 5) is 39.8. The summed E-state index contributed by atoms with van der Waals surface area (Å²) in [6.45, 7) is 0. The first kappa shape index (κ1) is 21.8. The van der Waals surface area contributed by atoms with Gasteiger partial charge >= 0.3 is 5.97 Å². The van der Waals surface area contributed by atoms with Crippen molar-refractivity contribution in [2.45, 2.75) is 6.04 Å². The van der Waals surface area contributed by atoms with Gasteiger partial charge in [0.15, 0.2) is 0 Å². The Balaban J connectivity index is 1.97. The van der Waals surface area contributed by atoms with Gasteiger partial charge in [-0.05, 0) is 24.3 Å². The van der Waals surface area contributed by atoms with Crippen molar-refractivity contribution in [2.24, 2.45) is 0 Å². The number of amides is 1. The summed E-state index contributed by atoms with van der Waals surface area (Å²) in [6.07, 6.45) is 0. The monoisotopic (exact) mass is 443 g/mol. The van der Waals surface area contributed by atoms with E-state index < -0.39 is 23.7 Å². The number of hydrogen-bond donors (Lipinski definition) is 1. The predicted octanol–water partition coefficient (Wildman–Crippen LogP) is 4.11. The number of benzene rings is 3. The molecule has 1 N–H and O–H groups in total. The summed E-state index contributed by atoms with van der Waals surface area (Å²) in [5.41, 5.74) is 1.37. The number of ether oxygens (including phenoxy) is 2. The molecule has 1 aliphatic rings. The maximum Gasteiger partial charge on any atom is 0.337 e. The molecule has 3 aromatic rings. The van der Waals surface area contributed by atoms with E-state index in [9.17, 15) is 19.5 Å². The van der Waals surface area contributed by atoms with E-state index in [0.717, 1.165) is 0 Å². The second kappa shape index (κ2) is 9.00. The quantitative estimate of drug-likeness (QED) is 0.276. The van der Waals surface area contributed by atoms with Crippen LogP contribution < -0.4 is 9.64 Å². The number of rotatable bonds is 5. The normalized spacial score (nSPS) is 17.2. The number of carbonyl (C=O) groups excluding carboxylic acids is 3. The summed E-state index contributed by atoms with van der Waals surface area (Å²) in [5, 5.41) is 11.1. The number of aliphatic hydroxyl groups is 1. The molecule has 1 heterocycles. The summed E-state index contributed by atoms with van der Waals surface area (Å²) >= 11 is 0. The molecule has 7 heteroatoms. The third kappa shape index (κ3) is 3.85. The van der Waals surface area contributed by atoms with Crippen molar-refractivity contribution in [1.29, 1.82) is 0 Å². The summed E-state index contributed by atoms with van der Waals surface area (Å²) < 4.78 is 10.3. The van der Waals surface area contributed by atoms with Crippen LogP contribution in [0.25, 0.3) is 5.76 Å². The van der Waals surface area contributed by atoms with Crippen LogP contribution in [0, 0.1) is 0 Å². The van der Waals surface area contributed by atoms with Crippen LogP contribution in [0.2, 0.25) is 0 Å². The van der Waals surface area contributed by atoms with Crippen LogP contribution in [0.4, 0.5) is 5.69 Å². The van der Waals surface area contributed by atoms with Crippen LogP contribution in [-0.2, 0) is 14.3 Å². The molecule has 0 aliphatic carbocycles. The number of hydrogen-bond acceptors (Lipinski definition) is 6. The Hall–Kier alpha value is -4.39. The van der Waals surface area contributed by atoms with E-state index in [1.165, 1.54) is 25.2 Å². The second-order valence-electron chi connectivity index (χ2n) is 7.32. The third-order valence-electron chi connectivity index (χ3n) is 5.47. The molecule has 0 radical (unpaired) electrons. The van der Waals surface area contributed by atoms with Crippen molar-refractivity contribution in [3.63, 3.8) is 0 Å². The fourth-order valence-electron chi connectivity index (χ4n) is 3.94. The molecular weight excluding hydrogens is 422 g/mol. The minimum absolute atomic E-state index is 0.0702. The van der Waals surface area contributed by atoms with Crippen molar-refractivity contribution in [2.75, 3.05) is 19.1 Å². The van der Waals surface area contributed by atoms with Gasteiger partial charge in [0.2, 0.25) is 0 Å². The fourth-order valence-corrected chi connectivity index (χ4v) is 3.94. The van der Waals surface area contributed by atoms with Gasteiger partial charge in [0, 0.05) is 16.8 Å². The molecule has 0 bridgehead atoms. The summed E-state index contributed by atoms with van der Waals surface area (Å²) in [7, 11) is 2.75. The highest BCUT2D eigenvalue weighted by molar-refractivity contribution is 6.51. The van der Waals surface area contributed by atoms with Crippen LogP contribution in [0.3, 0.4) is 0 Å². The highest BCUT2D eigenvalue weighted by Crippen LogP contribution is 2.44. The number of methoxy groups -OCH3 is 2. The molecule has 1 aliphatic heterocycles. The molecule has 166 valence electrons. The van der Waals surface area contributed by atoms with Crippen LogP contribution in [0.5, 0.6) is 5.75 Å². The van der Waals surface area contributed by atoms with E-state index in [2.05, 4.69) is 0 Å². The smallest absolute Gasteiger partial charge is 0.337 e. The van der Waals surface area contributed by atoms with E-state index in [4.69, 9.17) is 9.47 Å². The molecule has 1 amide bonds. The largest absolute Gasteiger partial charge is 0.507 e. The van der Waals surface area contributed by atoms with Gasteiger partial charge in [-0.2, -0.15) is 0 Å². The molecule has 0 saturated carbocycles. The van der Waals surface area contributed by atoms with Crippen molar-refractivity contribution >= 4 is 29.1 Å². The van der Waals surface area contributed by atoms with Crippen LogP contribution in [0.1, 0.15) is 27.5 Å². The van der Waals surface area contributed by atoms with Crippen molar-refractivity contribution in [3.05, 3.63) is 101 Å². The lowest BCUT2D eigenvalue weighted by molar-refractivity contribution is -0.132. The Labute approximate surface area is 190 Å². The maximum atomic E-state index is 13.3. The summed E-state index contributed by atoms with van der Waals surface area (Å²) in [5.74, 6) is -2.10. The number of nitrogens with zero attached hydrogens (tertiary/aromatic N) is 1. The predicted molar refractivity (Wildman–Crippen MR) is 122 cm³/mol. The van der Waals surface area contributed by atoms with Gasteiger partial charge in [0.05, 0.1) is 31.4 Å². The number of carbonyl (C=O) groups is 3. The number of para-hydroxylation sites is 1. The number of aliphatic hydroxyl groups excluding tert-OH is 1. The zero-order valence-electron chi connectivity index (χ0n) is 18.0. The van der Waals surface area contributed by atoms with Crippen LogP contribution in [0.15, 0.2) is 84.4 Å². The lowest BCUT2D eigenvalue weighted by atomic mass is 9.94. The van der Waals surface area contributed by atoms with Gasteiger partial charge in [-0.15, -0.1) is 0 Å². The fraction of sp³-hybridized carbons (Fsp3) is 0.115. The zero-order valence-corrected chi connectivity index (χ0v) is 18.0. The third-order valence-corrected chi connectivity index (χ3v) is 5.47. The van der Waals surface area contributed by atoms with Gasteiger partial charge in [-0.25, -0.2) is 4.79 Å². The number of ketones is 1. The van der Waals surface area contributed by atoms with E-state index in [1.807, 2.05) is 0 Å². The van der Waals surface area contributed by atoms with Gasteiger partial charge < -0.3 is 14.6 Å². The van der Waals surface area contributed by atoms with E-state index >= 15 is 0 Å². The standard InChI is InChI=1S/C26H21NO6/c1-32-20-14-7-6-13-19(20)22-21(23(28)16-9-4-3-5-10-16)24(29)25(30)27(22)18-12-8-11-17(15-18)26(31)33-2/h3-15,22,28H,1-2H3/b23-21+. The Morgan fingerprint density at radius 3 is 2.24 bits per heavy atom. The van der Waals surface area contributed by atoms with Gasteiger partial charge in [-0.3, -0.25) is 14.5 Å². The Morgan fingerprint density at radius 2 is 1.55 bits per heavy atom. The molecule has 1 atom stereocenters. The second-order valence-corrected chi connectivity index (χ2v) is 7.32. The average molecular weight is 443 g/mol. The first-order valence-electron chi connectivity index (χ1n) is 10.2. The highest BCUT2D eigenvalue weighted by Gasteiger charge is 2.48. The Morgan fingerprint density at radius 1 is 0.879 bits per heavy atom. The Kier molecular flexibility index (Phi) is 5.95. The SMILES string of the molecule is COC(=O)c1cccc(N2C(=O)C(=O)/C(=C(/O)c3ccccc3)C2c2ccccc2OC)c1. The van der Waals surface area contributed by atoms with Gasteiger partial charge in [-0.1, -0.05) is 54.6 Å². The zero-order chi connectivity index (χ0) is 23.5. The summed E-state index contributed by atoms with van der Waals surface area (Å²) in [6, 6.07) is 20.8. The molecule has 3 aromatic carbocycles. The molecule has 7 nitrogen and oxygen atoms in total. The van der Waals surface area contributed by atoms with Gasteiger partial charge in [0.1, 0.15) is 11.5 Å². The van der Waals surface area contributed by atoms with E-state index in [-0.39, 0.29) is 16.9 Å². The molecule has 1 saturated heterocycles. The lowest BCUT2D eigenvalue weighted by Gasteiger charge is -2.27. The van der Waals surface area contributed by atoms with E-state index in [1.54, 1.807) is 72.8 Å². The first-order chi connectivity index (χ1) is 16.0. The number of anilines is 1. The molecule has 33 heavy (non-hydrogen) atoms. The van der Waals surface area contributed by atoms with Gasteiger partial charge in [0.25, 0.3) is 11.7 Å². The highest BCUT2D eigenvalue weighted by atomic mass is 16.5. The maximum absolute atomic E-state index is 13.3. The van der Waals surface area contributed by atoms with Crippen LogP contribution >= 0.6 is 0 Å². The molecule has 4 rings (SSSR count). The minimum atomic E-state index is -0.978. The number of esters is 1. The average Bonchev–Trinajstić information content (AvgIpc) is 3.13. The van der Waals surface area contributed by atoms with Crippen molar-refractivity contribution in [1.82, 2.24) is 0 Å². The molecule has 1 fully saturated rings. The van der Waals surface area contributed by atoms with Crippen molar-refractivity contribution in [3.8, 4) is 5.75 Å². The number of Topliss-reactive ketones (excluding diaryl/α,β-unsaturated/α-hetero) is 1. The molecule has 1 unspecified atom stereocenters. The molecule has 0 aromatic heterocycles.